The maximum Gasteiger partial charge on any atom is 0.250 e. The lowest BCUT2D eigenvalue weighted by Gasteiger charge is -2.30. The molecule has 0 aliphatic heterocycles. The van der Waals surface area contributed by atoms with Gasteiger partial charge in [-0.3, -0.25) is 9.59 Å². The van der Waals surface area contributed by atoms with Crippen LogP contribution in [0.2, 0.25) is 0 Å². The monoisotopic (exact) mass is 260 g/mol. The van der Waals surface area contributed by atoms with Crippen LogP contribution < -0.4 is 10.6 Å². The molecule has 2 amide bonds. The van der Waals surface area contributed by atoms with Gasteiger partial charge in [0.05, 0.1) is 0 Å². The molecule has 1 aromatic carbocycles. The van der Waals surface area contributed by atoms with E-state index in [0.717, 1.165) is 31.4 Å². The van der Waals surface area contributed by atoms with Crippen LogP contribution in [-0.2, 0) is 9.59 Å². The molecule has 1 aliphatic rings. The number of hydrogen-bond donors (Lipinski definition) is 2. The Labute approximate surface area is 113 Å². The van der Waals surface area contributed by atoms with E-state index in [0.29, 0.717) is 19.3 Å². The summed E-state index contributed by atoms with van der Waals surface area (Å²) in [7, 11) is 0. The van der Waals surface area contributed by atoms with E-state index in [2.05, 4.69) is 10.6 Å². The summed E-state index contributed by atoms with van der Waals surface area (Å²) in [6.45, 7) is 0. The predicted molar refractivity (Wildman–Crippen MR) is 74.7 cm³/mol. The number of anilines is 1. The number of hydrogen-bond acceptors (Lipinski definition) is 2. The van der Waals surface area contributed by atoms with Crippen LogP contribution >= 0.6 is 0 Å². The van der Waals surface area contributed by atoms with Crippen molar-refractivity contribution in [2.75, 3.05) is 5.32 Å². The summed E-state index contributed by atoms with van der Waals surface area (Å²) in [4.78, 5) is 23.4. The second kappa shape index (κ2) is 6.36. The molecular formula is C15H20N2O2. The molecular weight excluding hydrogens is 240 g/mol. The van der Waals surface area contributed by atoms with E-state index >= 15 is 0 Å². The van der Waals surface area contributed by atoms with E-state index in [1.54, 1.807) is 0 Å². The van der Waals surface area contributed by atoms with E-state index in [1.165, 1.54) is 0 Å². The Balaban J connectivity index is 2.13. The van der Waals surface area contributed by atoms with Crippen molar-refractivity contribution in [1.29, 1.82) is 0 Å². The van der Waals surface area contributed by atoms with Gasteiger partial charge in [-0.1, -0.05) is 43.9 Å². The largest absolute Gasteiger partial charge is 0.344 e. The van der Waals surface area contributed by atoms with Crippen molar-refractivity contribution in [2.45, 2.75) is 44.1 Å². The number of nitrogens with one attached hydrogen (secondary N) is 2. The lowest BCUT2D eigenvalue weighted by molar-refractivity contribution is -0.126. The highest BCUT2D eigenvalue weighted by Gasteiger charge is 2.38. The number of benzene rings is 1. The number of amides is 2. The van der Waals surface area contributed by atoms with Crippen molar-refractivity contribution >= 4 is 18.0 Å². The highest BCUT2D eigenvalue weighted by Crippen LogP contribution is 2.28. The van der Waals surface area contributed by atoms with Gasteiger partial charge in [-0.15, -0.1) is 0 Å². The Morgan fingerprint density at radius 2 is 1.68 bits per heavy atom. The zero-order valence-corrected chi connectivity index (χ0v) is 11.0. The predicted octanol–water partition coefficient (Wildman–Crippen LogP) is 2.46. The van der Waals surface area contributed by atoms with Crippen LogP contribution in [0.1, 0.15) is 38.5 Å². The normalized spacial score (nSPS) is 18.1. The minimum Gasteiger partial charge on any atom is -0.344 e. The van der Waals surface area contributed by atoms with Crippen LogP contribution in [0.15, 0.2) is 30.3 Å². The van der Waals surface area contributed by atoms with E-state index in [9.17, 15) is 9.59 Å². The average Bonchev–Trinajstić information content (AvgIpc) is 2.67. The van der Waals surface area contributed by atoms with Crippen molar-refractivity contribution in [3.8, 4) is 0 Å². The fourth-order valence-electron chi connectivity index (χ4n) is 2.65. The van der Waals surface area contributed by atoms with Crippen molar-refractivity contribution in [2.24, 2.45) is 0 Å². The molecule has 0 radical (unpaired) electrons. The fourth-order valence-corrected chi connectivity index (χ4v) is 2.65. The van der Waals surface area contributed by atoms with Gasteiger partial charge >= 0.3 is 0 Å². The molecule has 0 saturated heterocycles. The molecule has 1 aliphatic carbocycles. The highest BCUT2D eigenvalue weighted by atomic mass is 16.2. The Hall–Kier alpha value is -1.84. The summed E-state index contributed by atoms with van der Waals surface area (Å²) >= 11 is 0. The summed E-state index contributed by atoms with van der Waals surface area (Å²) in [6, 6.07) is 9.36. The maximum atomic E-state index is 12.5. The lowest BCUT2D eigenvalue weighted by Crippen LogP contribution is -2.53. The van der Waals surface area contributed by atoms with E-state index < -0.39 is 5.54 Å². The number of carbonyl (C=O) groups is 2. The Kier molecular flexibility index (Phi) is 4.55. The molecule has 4 nitrogen and oxygen atoms in total. The zero-order valence-electron chi connectivity index (χ0n) is 11.0. The summed E-state index contributed by atoms with van der Waals surface area (Å²) in [5, 5.41) is 5.67. The number of para-hydroxylation sites is 1. The molecule has 0 heterocycles. The smallest absolute Gasteiger partial charge is 0.250 e. The molecule has 1 fully saturated rings. The van der Waals surface area contributed by atoms with Crippen molar-refractivity contribution in [3.63, 3.8) is 0 Å². The Morgan fingerprint density at radius 3 is 2.26 bits per heavy atom. The first-order valence-electron chi connectivity index (χ1n) is 6.85. The van der Waals surface area contributed by atoms with Crippen LogP contribution in [0.4, 0.5) is 5.69 Å². The van der Waals surface area contributed by atoms with Gasteiger partial charge in [0.1, 0.15) is 5.54 Å². The molecule has 1 saturated carbocycles. The average molecular weight is 260 g/mol. The molecule has 19 heavy (non-hydrogen) atoms. The lowest BCUT2D eigenvalue weighted by atomic mass is 9.89. The van der Waals surface area contributed by atoms with Gasteiger partial charge in [-0.05, 0) is 25.0 Å². The van der Waals surface area contributed by atoms with E-state index in [4.69, 9.17) is 0 Å². The molecule has 0 atom stereocenters. The standard InChI is InChI=1S/C15H20N2O2/c18-12-16-15(10-6-1-2-7-11-15)14(19)17-13-8-4-3-5-9-13/h3-5,8-9,12H,1-2,6-7,10-11H2,(H,16,18)(H,17,19). The minimum atomic E-state index is -0.742. The quantitative estimate of drug-likeness (QED) is 0.645. The summed E-state index contributed by atoms with van der Waals surface area (Å²) in [6.07, 6.45) is 6.28. The van der Waals surface area contributed by atoms with E-state index in [-0.39, 0.29) is 5.91 Å². The van der Waals surface area contributed by atoms with Gasteiger partial charge in [-0.2, -0.15) is 0 Å². The summed E-state index contributed by atoms with van der Waals surface area (Å²) < 4.78 is 0. The third kappa shape index (κ3) is 3.34. The van der Waals surface area contributed by atoms with Crippen LogP contribution in [0, 0.1) is 0 Å². The van der Waals surface area contributed by atoms with Crippen LogP contribution in [0.3, 0.4) is 0 Å². The van der Waals surface area contributed by atoms with Gasteiger partial charge in [0.25, 0.3) is 0 Å². The highest BCUT2D eigenvalue weighted by molar-refractivity contribution is 5.99. The van der Waals surface area contributed by atoms with Crippen molar-refractivity contribution < 1.29 is 9.59 Å². The Morgan fingerprint density at radius 1 is 1.05 bits per heavy atom. The maximum absolute atomic E-state index is 12.5. The molecule has 1 aromatic rings. The number of carbonyl (C=O) groups excluding carboxylic acids is 2. The first-order valence-corrected chi connectivity index (χ1v) is 6.85. The molecule has 102 valence electrons. The van der Waals surface area contributed by atoms with Crippen molar-refractivity contribution in [1.82, 2.24) is 5.32 Å². The SMILES string of the molecule is O=CNC1(C(=O)Nc2ccccc2)CCCCCC1. The topological polar surface area (TPSA) is 58.2 Å². The first kappa shape index (κ1) is 13.6. The Bertz CT molecular complexity index is 423. The second-order valence-corrected chi connectivity index (χ2v) is 5.08. The van der Waals surface area contributed by atoms with Crippen LogP contribution in [0.25, 0.3) is 0 Å². The molecule has 0 spiro atoms. The van der Waals surface area contributed by atoms with Crippen molar-refractivity contribution in [3.05, 3.63) is 30.3 Å². The molecule has 2 N–H and O–H groups in total. The number of rotatable bonds is 4. The molecule has 2 rings (SSSR count). The molecule has 0 bridgehead atoms. The molecule has 4 heteroatoms. The van der Waals surface area contributed by atoms with Gasteiger partial charge in [0.15, 0.2) is 0 Å². The zero-order chi connectivity index (χ0) is 13.6. The van der Waals surface area contributed by atoms with Crippen LogP contribution in [-0.4, -0.2) is 17.9 Å². The van der Waals surface area contributed by atoms with E-state index in [1.807, 2.05) is 30.3 Å². The first-order chi connectivity index (χ1) is 9.27. The second-order valence-electron chi connectivity index (χ2n) is 5.08. The molecule has 0 unspecified atom stereocenters. The summed E-state index contributed by atoms with van der Waals surface area (Å²) in [5.74, 6) is -0.104. The van der Waals surface area contributed by atoms with Gasteiger partial charge in [0.2, 0.25) is 12.3 Å². The summed E-state index contributed by atoms with van der Waals surface area (Å²) in [5.41, 5.74) is 0.0255. The minimum absolute atomic E-state index is 0.104. The van der Waals surface area contributed by atoms with Gasteiger partial charge < -0.3 is 10.6 Å². The van der Waals surface area contributed by atoms with Gasteiger partial charge in [0, 0.05) is 5.69 Å². The third-order valence-corrected chi connectivity index (χ3v) is 3.76. The van der Waals surface area contributed by atoms with Crippen LogP contribution in [0.5, 0.6) is 0 Å². The fraction of sp³-hybridized carbons (Fsp3) is 0.467. The third-order valence-electron chi connectivity index (χ3n) is 3.76. The molecule has 0 aromatic heterocycles. The van der Waals surface area contributed by atoms with Gasteiger partial charge in [-0.25, -0.2) is 0 Å².